The lowest BCUT2D eigenvalue weighted by molar-refractivity contribution is 0.0520. The van der Waals surface area contributed by atoms with E-state index in [1.165, 1.54) is 22.9 Å². The van der Waals surface area contributed by atoms with Gasteiger partial charge in [0.15, 0.2) is 0 Å². The molecular weight excluding hydrogens is 214 g/mol. The van der Waals surface area contributed by atoms with Crippen LogP contribution in [-0.4, -0.2) is 17.6 Å². The van der Waals surface area contributed by atoms with Gasteiger partial charge in [0.2, 0.25) is 0 Å². The summed E-state index contributed by atoms with van der Waals surface area (Å²) in [4.78, 5) is 14.8. The number of ether oxygens (including phenoxy) is 1. The van der Waals surface area contributed by atoms with Gasteiger partial charge in [-0.05, 0) is 49.4 Å². The Hall–Kier alpha value is -1.77. The Balaban J connectivity index is 2.10. The molecule has 0 amide bonds. The van der Waals surface area contributed by atoms with Crippen LogP contribution in [0.5, 0.6) is 0 Å². The predicted octanol–water partition coefficient (Wildman–Crippen LogP) is 2.83. The zero-order chi connectivity index (χ0) is 11.8. The summed E-state index contributed by atoms with van der Waals surface area (Å²) in [6.45, 7) is 2.23. The summed E-state index contributed by atoms with van der Waals surface area (Å²) in [5.74, 6) is -0.268. The number of fused-ring (bicyclic) bond motifs is 3. The highest BCUT2D eigenvalue weighted by molar-refractivity contribution is 5.96. The molecule has 0 spiro atoms. The van der Waals surface area contributed by atoms with Gasteiger partial charge in [-0.2, -0.15) is 0 Å². The van der Waals surface area contributed by atoms with Crippen molar-refractivity contribution in [3.63, 3.8) is 0 Å². The lowest BCUT2D eigenvalue weighted by Gasteiger charge is -1.99. The number of hydrogen-bond donors (Lipinski definition) is 1. The van der Waals surface area contributed by atoms with Gasteiger partial charge in [-0.25, -0.2) is 4.79 Å². The van der Waals surface area contributed by atoms with E-state index < -0.39 is 0 Å². The van der Waals surface area contributed by atoms with Crippen molar-refractivity contribution in [2.24, 2.45) is 0 Å². The molecule has 0 radical (unpaired) electrons. The third kappa shape index (κ3) is 1.62. The molecule has 0 atom stereocenters. The van der Waals surface area contributed by atoms with Crippen LogP contribution in [-0.2, 0) is 17.6 Å². The van der Waals surface area contributed by atoms with E-state index in [9.17, 15) is 4.79 Å². The van der Waals surface area contributed by atoms with Gasteiger partial charge in [-0.15, -0.1) is 0 Å². The number of rotatable bonds is 2. The summed E-state index contributed by atoms with van der Waals surface area (Å²) < 4.78 is 5.01. The van der Waals surface area contributed by atoms with Crippen LogP contribution in [0.25, 0.3) is 10.9 Å². The SMILES string of the molecule is CCOC(=O)c1cc2c3c(ccc2[nH]1)CCC3. The number of hydrogen-bond acceptors (Lipinski definition) is 2. The lowest BCUT2D eigenvalue weighted by Crippen LogP contribution is -2.04. The standard InChI is InChI=1S/C14H15NO2/c1-2-17-14(16)13-8-11-10-5-3-4-9(10)6-7-12(11)15-13/h6-8,15H,2-5H2,1H3. The van der Waals surface area contributed by atoms with Gasteiger partial charge in [0.05, 0.1) is 6.61 Å². The highest BCUT2D eigenvalue weighted by Gasteiger charge is 2.17. The number of aromatic amines is 1. The van der Waals surface area contributed by atoms with E-state index in [1.807, 2.05) is 13.0 Å². The number of benzene rings is 1. The third-order valence-corrected chi connectivity index (χ3v) is 3.38. The molecule has 0 aliphatic heterocycles. The van der Waals surface area contributed by atoms with Crippen LogP contribution in [0.15, 0.2) is 18.2 Å². The van der Waals surface area contributed by atoms with Crippen LogP contribution in [0, 0.1) is 0 Å². The Kier molecular flexibility index (Phi) is 2.39. The molecule has 1 aliphatic rings. The molecule has 17 heavy (non-hydrogen) atoms. The number of carbonyl (C=O) groups excluding carboxylic acids is 1. The fourth-order valence-corrected chi connectivity index (χ4v) is 2.61. The summed E-state index contributed by atoms with van der Waals surface area (Å²) in [5, 5.41) is 1.18. The molecule has 0 unspecified atom stereocenters. The highest BCUT2D eigenvalue weighted by Crippen LogP contribution is 2.30. The van der Waals surface area contributed by atoms with Crippen LogP contribution in [0.2, 0.25) is 0 Å². The average molecular weight is 229 g/mol. The Bertz CT molecular complexity index is 583. The zero-order valence-corrected chi connectivity index (χ0v) is 9.88. The molecule has 88 valence electrons. The predicted molar refractivity (Wildman–Crippen MR) is 66.3 cm³/mol. The van der Waals surface area contributed by atoms with Crippen molar-refractivity contribution >= 4 is 16.9 Å². The summed E-state index contributed by atoms with van der Waals surface area (Å²) in [7, 11) is 0. The van der Waals surface area contributed by atoms with E-state index in [-0.39, 0.29) is 5.97 Å². The Labute approximate surface area is 99.8 Å². The summed E-state index contributed by atoms with van der Waals surface area (Å²) in [5.41, 5.74) is 4.41. The molecule has 1 N–H and O–H groups in total. The third-order valence-electron chi connectivity index (χ3n) is 3.38. The van der Waals surface area contributed by atoms with E-state index >= 15 is 0 Å². The van der Waals surface area contributed by atoms with Crippen LogP contribution in [0.4, 0.5) is 0 Å². The number of carbonyl (C=O) groups is 1. The molecule has 0 saturated carbocycles. The smallest absolute Gasteiger partial charge is 0.354 e. The number of nitrogens with one attached hydrogen (secondary N) is 1. The van der Waals surface area contributed by atoms with Gasteiger partial charge in [0.25, 0.3) is 0 Å². The molecule has 1 aromatic heterocycles. The van der Waals surface area contributed by atoms with Crippen molar-refractivity contribution in [2.75, 3.05) is 6.61 Å². The molecule has 0 saturated heterocycles. The van der Waals surface area contributed by atoms with Gasteiger partial charge in [-0.3, -0.25) is 0 Å². The quantitative estimate of drug-likeness (QED) is 0.804. The molecule has 2 aromatic rings. The maximum atomic E-state index is 11.7. The highest BCUT2D eigenvalue weighted by atomic mass is 16.5. The van der Waals surface area contributed by atoms with Crippen LogP contribution in [0.1, 0.15) is 35.0 Å². The minimum absolute atomic E-state index is 0.268. The Morgan fingerprint density at radius 1 is 1.41 bits per heavy atom. The van der Waals surface area contributed by atoms with Crippen molar-refractivity contribution in [2.45, 2.75) is 26.2 Å². The van der Waals surface area contributed by atoms with Gasteiger partial charge in [0, 0.05) is 10.9 Å². The first-order valence-corrected chi connectivity index (χ1v) is 6.10. The molecule has 0 fully saturated rings. The van der Waals surface area contributed by atoms with E-state index in [0.717, 1.165) is 18.4 Å². The molecule has 1 aromatic carbocycles. The van der Waals surface area contributed by atoms with Gasteiger partial charge in [0.1, 0.15) is 5.69 Å². The zero-order valence-electron chi connectivity index (χ0n) is 9.88. The molecule has 0 bridgehead atoms. The monoisotopic (exact) mass is 229 g/mol. The van der Waals surface area contributed by atoms with Crippen molar-refractivity contribution in [3.8, 4) is 0 Å². The maximum absolute atomic E-state index is 11.7. The number of aryl methyl sites for hydroxylation is 2. The molecule has 1 heterocycles. The normalized spacial score (nSPS) is 13.9. The van der Waals surface area contributed by atoms with Crippen molar-refractivity contribution in [1.29, 1.82) is 0 Å². The molecule has 3 nitrogen and oxygen atoms in total. The van der Waals surface area contributed by atoms with Crippen LogP contribution < -0.4 is 0 Å². The largest absolute Gasteiger partial charge is 0.461 e. The van der Waals surface area contributed by atoms with Crippen molar-refractivity contribution < 1.29 is 9.53 Å². The summed E-state index contributed by atoms with van der Waals surface area (Å²) >= 11 is 0. The van der Waals surface area contributed by atoms with Gasteiger partial charge >= 0.3 is 5.97 Å². The number of H-pyrrole nitrogens is 1. The first-order valence-electron chi connectivity index (χ1n) is 6.10. The minimum Gasteiger partial charge on any atom is -0.461 e. The molecule has 1 aliphatic carbocycles. The van der Waals surface area contributed by atoms with Crippen molar-refractivity contribution in [3.05, 3.63) is 35.0 Å². The summed E-state index contributed by atoms with van der Waals surface area (Å²) in [6, 6.07) is 6.15. The molecule has 3 rings (SSSR count). The number of esters is 1. The molecule has 3 heteroatoms. The maximum Gasteiger partial charge on any atom is 0.354 e. The van der Waals surface area contributed by atoms with Crippen LogP contribution >= 0.6 is 0 Å². The lowest BCUT2D eigenvalue weighted by atomic mass is 10.1. The number of aromatic nitrogens is 1. The Morgan fingerprint density at radius 3 is 3.12 bits per heavy atom. The second-order valence-corrected chi connectivity index (χ2v) is 4.42. The van der Waals surface area contributed by atoms with Gasteiger partial charge in [-0.1, -0.05) is 6.07 Å². The topological polar surface area (TPSA) is 42.1 Å². The van der Waals surface area contributed by atoms with E-state index in [1.54, 1.807) is 0 Å². The first-order chi connectivity index (χ1) is 8.29. The average Bonchev–Trinajstić information content (AvgIpc) is 2.94. The van der Waals surface area contributed by atoms with E-state index in [4.69, 9.17) is 4.74 Å². The van der Waals surface area contributed by atoms with Gasteiger partial charge < -0.3 is 9.72 Å². The van der Waals surface area contributed by atoms with E-state index in [2.05, 4.69) is 17.1 Å². The fraction of sp³-hybridized carbons (Fsp3) is 0.357. The second-order valence-electron chi connectivity index (χ2n) is 4.42. The minimum atomic E-state index is -0.268. The van der Waals surface area contributed by atoms with Crippen molar-refractivity contribution in [1.82, 2.24) is 4.98 Å². The first kappa shape index (κ1) is 10.4. The van der Waals surface area contributed by atoms with E-state index in [0.29, 0.717) is 12.3 Å². The van der Waals surface area contributed by atoms with Crippen LogP contribution in [0.3, 0.4) is 0 Å². The summed E-state index contributed by atoms with van der Waals surface area (Å²) in [6.07, 6.45) is 3.49. The second kappa shape index (κ2) is 3.91. The fourth-order valence-electron chi connectivity index (χ4n) is 2.61. The molecular formula is C14H15NO2. The Morgan fingerprint density at radius 2 is 2.29 bits per heavy atom.